The highest BCUT2D eigenvalue weighted by atomic mass is 16.3. The molecule has 2 aliphatic rings. The lowest BCUT2D eigenvalue weighted by atomic mass is 9.91. The van der Waals surface area contributed by atoms with Gasteiger partial charge in [0.2, 0.25) is 0 Å². The van der Waals surface area contributed by atoms with Crippen LogP contribution in [0.4, 0.5) is 11.6 Å². The first kappa shape index (κ1) is 19.2. The van der Waals surface area contributed by atoms with Crippen molar-refractivity contribution in [2.45, 2.75) is 77.5 Å². The summed E-state index contributed by atoms with van der Waals surface area (Å²) in [6.45, 7) is 9.85. The van der Waals surface area contributed by atoms with Crippen LogP contribution in [0.15, 0.2) is 24.3 Å². The molecule has 5 nitrogen and oxygen atoms in total. The Balaban J connectivity index is 1.59. The Labute approximate surface area is 168 Å². The zero-order valence-corrected chi connectivity index (χ0v) is 17.5. The highest BCUT2D eigenvalue weighted by Gasteiger charge is 2.29. The summed E-state index contributed by atoms with van der Waals surface area (Å²) in [5.41, 5.74) is 2.85. The summed E-state index contributed by atoms with van der Waals surface area (Å²) >= 11 is 0. The second-order valence-corrected chi connectivity index (χ2v) is 8.91. The maximum atomic E-state index is 10.3. The highest BCUT2D eigenvalue weighted by molar-refractivity contribution is 5.52. The molecule has 0 unspecified atom stereocenters. The van der Waals surface area contributed by atoms with Crippen LogP contribution in [-0.2, 0) is 18.6 Å². The van der Waals surface area contributed by atoms with Crippen LogP contribution in [0.3, 0.4) is 0 Å². The van der Waals surface area contributed by atoms with Crippen molar-refractivity contribution in [1.82, 2.24) is 9.97 Å². The molecule has 2 N–H and O–H groups in total. The summed E-state index contributed by atoms with van der Waals surface area (Å²) in [7, 11) is 0. The minimum Gasteiger partial charge on any atom is -0.386 e. The number of aliphatic hydroxyl groups is 1. The normalized spacial score (nSPS) is 18.0. The van der Waals surface area contributed by atoms with E-state index in [2.05, 4.69) is 42.3 Å². The van der Waals surface area contributed by atoms with Crippen molar-refractivity contribution in [3.8, 4) is 0 Å². The molecule has 5 heteroatoms. The Morgan fingerprint density at radius 1 is 1.21 bits per heavy atom. The van der Waals surface area contributed by atoms with Crippen LogP contribution in [0, 0.1) is 0 Å². The first-order chi connectivity index (χ1) is 13.3. The van der Waals surface area contributed by atoms with Crippen LogP contribution in [0.1, 0.15) is 75.4 Å². The molecule has 1 aliphatic heterocycles. The van der Waals surface area contributed by atoms with Gasteiger partial charge in [-0.25, -0.2) is 9.97 Å². The summed E-state index contributed by atoms with van der Waals surface area (Å²) < 4.78 is 0. The third-order valence-electron chi connectivity index (χ3n) is 5.93. The number of hydrogen-bond donors (Lipinski definition) is 2. The molecule has 0 radical (unpaired) electrons. The topological polar surface area (TPSA) is 61.3 Å². The fraction of sp³-hybridized carbons (Fsp3) is 0.565. The Kier molecular flexibility index (Phi) is 5.04. The number of fused-ring (bicyclic) bond motifs is 1. The van der Waals surface area contributed by atoms with Crippen LogP contribution in [0.25, 0.3) is 0 Å². The lowest BCUT2D eigenvalue weighted by Crippen LogP contribution is -2.32. The lowest BCUT2D eigenvalue weighted by Gasteiger charge is -2.31. The smallest absolute Gasteiger partial charge is 0.136 e. The maximum Gasteiger partial charge on any atom is 0.136 e. The summed E-state index contributed by atoms with van der Waals surface area (Å²) in [6, 6.07) is 8.88. The second-order valence-electron chi connectivity index (χ2n) is 8.91. The predicted octanol–water partition coefficient (Wildman–Crippen LogP) is 4.35. The Bertz CT molecular complexity index is 854. The molecule has 1 aromatic heterocycles. The second kappa shape index (κ2) is 7.36. The van der Waals surface area contributed by atoms with E-state index in [1.165, 1.54) is 24.0 Å². The van der Waals surface area contributed by atoms with Crippen molar-refractivity contribution in [1.29, 1.82) is 0 Å². The van der Waals surface area contributed by atoms with Gasteiger partial charge in [-0.2, -0.15) is 0 Å². The van der Waals surface area contributed by atoms with Gasteiger partial charge in [-0.15, -0.1) is 0 Å². The number of anilines is 2. The number of nitrogens with one attached hydrogen (secondary N) is 1. The molecule has 0 spiro atoms. The quantitative estimate of drug-likeness (QED) is 0.780. The molecular weight excluding hydrogens is 348 g/mol. The van der Waals surface area contributed by atoms with E-state index in [0.29, 0.717) is 12.0 Å². The summed E-state index contributed by atoms with van der Waals surface area (Å²) in [6.07, 6.45) is 4.44. The van der Waals surface area contributed by atoms with E-state index in [1.54, 1.807) is 0 Å². The zero-order valence-electron chi connectivity index (χ0n) is 17.5. The first-order valence-corrected chi connectivity index (χ1v) is 10.6. The minimum absolute atomic E-state index is 0.400. The molecule has 2 heterocycles. The van der Waals surface area contributed by atoms with Gasteiger partial charge in [-0.1, -0.05) is 25.1 Å². The minimum atomic E-state index is -0.797. The molecule has 1 atom stereocenters. The molecule has 1 aromatic carbocycles. The fourth-order valence-electron chi connectivity index (χ4n) is 3.70. The molecule has 0 bridgehead atoms. The van der Waals surface area contributed by atoms with Crippen LogP contribution in [0.5, 0.6) is 0 Å². The van der Waals surface area contributed by atoms with Crippen molar-refractivity contribution < 1.29 is 5.11 Å². The SMILES string of the molecule is CC[C@@H](C)Nc1cc(N2CCc3cc(C(C)(C)O)ccc3C2)nc(C2CC2)n1. The average Bonchev–Trinajstić information content (AvgIpc) is 3.51. The van der Waals surface area contributed by atoms with E-state index in [9.17, 15) is 5.11 Å². The third kappa shape index (κ3) is 4.14. The standard InChI is InChI=1S/C23H32N4O/c1-5-15(2)24-20-13-21(26-22(25-20)16-6-7-16)27-11-10-17-12-19(23(3,4)28)9-8-18(17)14-27/h8-9,12-13,15-16,28H,5-7,10-11,14H2,1-4H3,(H,24,25,26)/t15-/m1/s1. The Morgan fingerprint density at radius 3 is 2.68 bits per heavy atom. The third-order valence-corrected chi connectivity index (χ3v) is 5.93. The van der Waals surface area contributed by atoms with E-state index in [4.69, 9.17) is 9.97 Å². The van der Waals surface area contributed by atoms with Gasteiger partial charge in [0, 0.05) is 31.1 Å². The Hall–Kier alpha value is -2.14. The fourth-order valence-corrected chi connectivity index (χ4v) is 3.70. The molecule has 2 aromatic rings. The van der Waals surface area contributed by atoms with E-state index in [-0.39, 0.29) is 0 Å². The van der Waals surface area contributed by atoms with Crippen molar-refractivity contribution in [2.75, 3.05) is 16.8 Å². The first-order valence-electron chi connectivity index (χ1n) is 10.6. The van der Waals surface area contributed by atoms with Crippen molar-refractivity contribution in [3.05, 3.63) is 46.8 Å². The molecular formula is C23H32N4O. The number of aromatic nitrogens is 2. The number of rotatable bonds is 6. The van der Waals surface area contributed by atoms with Gasteiger partial charge in [-0.05, 0) is 63.1 Å². The number of nitrogens with zero attached hydrogens (tertiary/aromatic N) is 3. The summed E-state index contributed by atoms with van der Waals surface area (Å²) in [5, 5.41) is 13.8. The molecule has 28 heavy (non-hydrogen) atoms. The number of benzene rings is 1. The molecule has 0 amide bonds. The molecule has 1 fully saturated rings. The van der Waals surface area contributed by atoms with E-state index in [1.807, 2.05) is 19.9 Å². The average molecular weight is 381 g/mol. The highest BCUT2D eigenvalue weighted by Crippen LogP contribution is 2.39. The van der Waals surface area contributed by atoms with E-state index < -0.39 is 5.60 Å². The maximum absolute atomic E-state index is 10.3. The molecule has 4 rings (SSSR count). The van der Waals surface area contributed by atoms with Gasteiger partial charge in [0.05, 0.1) is 5.60 Å². The van der Waals surface area contributed by atoms with Gasteiger partial charge >= 0.3 is 0 Å². The number of hydrogen-bond acceptors (Lipinski definition) is 5. The van der Waals surface area contributed by atoms with E-state index in [0.717, 1.165) is 49.0 Å². The molecule has 150 valence electrons. The lowest BCUT2D eigenvalue weighted by molar-refractivity contribution is 0.0785. The van der Waals surface area contributed by atoms with Gasteiger partial charge in [0.15, 0.2) is 0 Å². The van der Waals surface area contributed by atoms with Gasteiger partial charge in [-0.3, -0.25) is 0 Å². The van der Waals surface area contributed by atoms with Crippen molar-refractivity contribution in [3.63, 3.8) is 0 Å². The van der Waals surface area contributed by atoms with Crippen LogP contribution in [0.2, 0.25) is 0 Å². The van der Waals surface area contributed by atoms with Crippen LogP contribution >= 0.6 is 0 Å². The van der Waals surface area contributed by atoms with E-state index >= 15 is 0 Å². The largest absolute Gasteiger partial charge is 0.386 e. The molecule has 0 saturated heterocycles. The van der Waals surface area contributed by atoms with Crippen LogP contribution < -0.4 is 10.2 Å². The van der Waals surface area contributed by atoms with Crippen molar-refractivity contribution >= 4 is 11.6 Å². The molecule has 1 aliphatic carbocycles. The monoisotopic (exact) mass is 380 g/mol. The van der Waals surface area contributed by atoms with Gasteiger partial charge < -0.3 is 15.3 Å². The summed E-state index contributed by atoms with van der Waals surface area (Å²) in [4.78, 5) is 12.1. The predicted molar refractivity (Wildman–Crippen MR) is 114 cm³/mol. The van der Waals surface area contributed by atoms with Crippen molar-refractivity contribution in [2.24, 2.45) is 0 Å². The zero-order chi connectivity index (χ0) is 19.9. The molecule has 1 saturated carbocycles. The van der Waals surface area contributed by atoms with Gasteiger partial charge in [0.25, 0.3) is 0 Å². The van der Waals surface area contributed by atoms with Gasteiger partial charge in [0.1, 0.15) is 17.5 Å². The van der Waals surface area contributed by atoms with Crippen LogP contribution in [-0.4, -0.2) is 27.7 Å². The Morgan fingerprint density at radius 2 is 2.00 bits per heavy atom. The summed E-state index contributed by atoms with van der Waals surface area (Å²) in [5.74, 6) is 3.50.